The van der Waals surface area contributed by atoms with E-state index in [1.807, 2.05) is 13.8 Å². The lowest BCUT2D eigenvalue weighted by molar-refractivity contribution is 0.281. The maximum absolute atomic E-state index is 11.8. The molecule has 0 heterocycles. The first-order valence-corrected chi connectivity index (χ1v) is 7.79. The molecule has 0 spiro atoms. The van der Waals surface area contributed by atoms with Crippen LogP contribution in [-0.2, 0) is 10.0 Å². The Morgan fingerprint density at radius 3 is 2.41 bits per heavy atom. The lowest BCUT2D eigenvalue weighted by atomic mass is 10.2. The molecule has 0 amide bonds. The third-order valence-corrected chi connectivity index (χ3v) is 4.37. The monoisotopic (exact) mass is 266 g/mol. The second-order valence-electron chi connectivity index (χ2n) is 4.53. The predicted molar refractivity (Wildman–Crippen MR) is 70.5 cm³/mol. The summed E-state index contributed by atoms with van der Waals surface area (Å²) in [5, 5.41) is 11.7. The first-order valence-electron chi connectivity index (χ1n) is 6.18. The molecule has 6 heteroatoms. The molecule has 104 valence electrons. The summed E-state index contributed by atoms with van der Waals surface area (Å²) < 4.78 is 25.0. The Labute approximate surface area is 105 Å². The number of nitrogens with one attached hydrogen (secondary N) is 1. The molecule has 0 unspecified atom stereocenters. The van der Waals surface area contributed by atoms with Crippen molar-refractivity contribution in [3.63, 3.8) is 0 Å². The van der Waals surface area contributed by atoms with Crippen LogP contribution in [0.15, 0.2) is 0 Å². The molecule has 0 aromatic heterocycles. The van der Waals surface area contributed by atoms with E-state index in [4.69, 9.17) is 5.11 Å². The molecule has 0 saturated heterocycles. The molecule has 0 fully saturated rings. The van der Waals surface area contributed by atoms with Crippen LogP contribution >= 0.6 is 0 Å². The van der Waals surface area contributed by atoms with Crippen LogP contribution in [0.25, 0.3) is 0 Å². The fraction of sp³-hybridized carbons (Fsp3) is 1.00. The maximum atomic E-state index is 11.8. The van der Waals surface area contributed by atoms with Gasteiger partial charge in [-0.1, -0.05) is 13.8 Å². The van der Waals surface area contributed by atoms with Crippen LogP contribution in [0.2, 0.25) is 0 Å². The van der Waals surface area contributed by atoms with Crippen LogP contribution in [-0.4, -0.2) is 56.4 Å². The Balaban J connectivity index is 3.86. The van der Waals surface area contributed by atoms with Gasteiger partial charge in [0.15, 0.2) is 0 Å². The number of rotatable bonds is 10. The summed E-state index contributed by atoms with van der Waals surface area (Å²) in [6.45, 7) is 5.18. The number of hydrogen-bond acceptors (Lipinski definition) is 4. The highest BCUT2D eigenvalue weighted by Gasteiger charge is 2.16. The zero-order chi connectivity index (χ0) is 13.3. The van der Waals surface area contributed by atoms with E-state index < -0.39 is 10.0 Å². The molecular formula is C11H26N2O3S. The number of unbranched alkanes of at least 4 members (excludes halogenated alkanes) is 2. The minimum atomic E-state index is -3.13. The summed E-state index contributed by atoms with van der Waals surface area (Å²) >= 11 is 0. The van der Waals surface area contributed by atoms with Gasteiger partial charge in [0.25, 0.3) is 0 Å². The molecule has 0 aliphatic rings. The molecule has 17 heavy (non-hydrogen) atoms. The smallest absolute Gasteiger partial charge is 0.215 e. The summed E-state index contributed by atoms with van der Waals surface area (Å²) in [7, 11) is -1.52. The van der Waals surface area contributed by atoms with Crippen molar-refractivity contribution >= 4 is 10.0 Å². The van der Waals surface area contributed by atoms with Gasteiger partial charge in [0.2, 0.25) is 10.0 Å². The van der Waals surface area contributed by atoms with Gasteiger partial charge in [-0.3, -0.25) is 0 Å². The molecule has 0 aromatic rings. The summed E-state index contributed by atoms with van der Waals surface area (Å²) in [6.07, 6.45) is 2.40. The van der Waals surface area contributed by atoms with Crippen LogP contribution in [0.4, 0.5) is 0 Å². The topological polar surface area (TPSA) is 69.6 Å². The quantitative estimate of drug-likeness (QED) is 0.562. The Morgan fingerprint density at radius 2 is 1.88 bits per heavy atom. The van der Waals surface area contributed by atoms with Crippen LogP contribution in [0.3, 0.4) is 0 Å². The number of sulfonamides is 1. The van der Waals surface area contributed by atoms with Crippen LogP contribution < -0.4 is 5.32 Å². The molecular weight excluding hydrogens is 240 g/mol. The van der Waals surface area contributed by atoms with Gasteiger partial charge in [0.1, 0.15) is 0 Å². The van der Waals surface area contributed by atoms with E-state index in [9.17, 15) is 8.42 Å². The Bertz CT molecular complexity index is 278. The number of hydrogen-bond donors (Lipinski definition) is 2. The first kappa shape index (κ1) is 16.8. The van der Waals surface area contributed by atoms with Gasteiger partial charge in [0, 0.05) is 32.8 Å². The fourth-order valence-electron chi connectivity index (χ4n) is 1.39. The number of aliphatic hydroxyl groups excluding tert-OH is 1. The van der Waals surface area contributed by atoms with E-state index in [2.05, 4.69) is 5.32 Å². The molecule has 0 atom stereocenters. The number of nitrogens with zero attached hydrogens (tertiary/aromatic N) is 1. The molecule has 0 rings (SSSR count). The first-order chi connectivity index (χ1) is 7.90. The summed E-state index contributed by atoms with van der Waals surface area (Å²) in [4.78, 5) is 0. The minimum absolute atomic E-state index is 0.141. The van der Waals surface area contributed by atoms with E-state index in [1.165, 1.54) is 4.31 Å². The van der Waals surface area contributed by atoms with E-state index in [1.54, 1.807) is 7.05 Å². The second kappa shape index (κ2) is 8.85. The lowest BCUT2D eigenvalue weighted by Gasteiger charge is -2.17. The Morgan fingerprint density at radius 1 is 1.24 bits per heavy atom. The van der Waals surface area contributed by atoms with Crippen molar-refractivity contribution < 1.29 is 13.5 Å². The van der Waals surface area contributed by atoms with Gasteiger partial charge in [-0.15, -0.1) is 0 Å². The summed E-state index contributed by atoms with van der Waals surface area (Å²) in [6, 6.07) is 0.306. The highest BCUT2D eigenvalue weighted by molar-refractivity contribution is 7.89. The van der Waals surface area contributed by atoms with Gasteiger partial charge in [-0.2, -0.15) is 0 Å². The lowest BCUT2D eigenvalue weighted by Crippen LogP contribution is -2.36. The van der Waals surface area contributed by atoms with Crippen molar-refractivity contribution in [2.24, 2.45) is 0 Å². The Kier molecular flexibility index (Phi) is 8.77. The SMILES string of the molecule is CC(C)NCCS(=O)(=O)N(C)CCCCCO. The summed E-state index contributed by atoms with van der Waals surface area (Å²) in [5.74, 6) is 0.141. The predicted octanol–water partition coefficient (Wildman–Crippen LogP) is 0.409. The van der Waals surface area contributed by atoms with Gasteiger partial charge >= 0.3 is 0 Å². The van der Waals surface area contributed by atoms with Gasteiger partial charge in [-0.25, -0.2) is 12.7 Å². The van der Waals surface area contributed by atoms with Crippen molar-refractivity contribution in [1.82, 2.24) is 9.62 Å². The van der Waals surface area contributed by atoms with Crippen molar-refractivity contribution in [2.75, 3.05) is 32.5 Å². The zero-order valence-electron chi connectivity index (χ0n) is 11.1. The van der Waals surface area contributed by atoms with E-state index in [0.29, 0.717) is 19.1 Å². The van der Waals surface area contributed by atoms with Gasteiger partial charge < -0.3 is 10.4 Å². The molecule has 5 nitrogen and oxygen atoms in total. The van der Waals surface area contributed by atoms with Crippen molar-refractivity contribution in [3.8, 4) is 0 Å². The van der Waals surface area contributed by atoms with Gasteiger partial charge in [0.05, 0.1) is 5.75 Å². The molecule has 0 radical (unpaired) electrons. The number of aliphatic hydroxyl groups is 1. The highest BCUT2D eigenvalue weighted by atomic mass is 32.2. The minimum Gasteiger partial charge on any atom is -0.396 e. The largest absolute Gasteiger partial charge is 0.396 e. The average Bonchev–Trinajstić information content (AvgIpc) is 2.23. The summed E-state index contributed by atoms with van der Waals surface area (Å²) in [5.41, 5.74) is 0. The molecule has 0 aliphatic carbocycles. The molecule has 2 N–H and O–H groups in total. The molecule has 0 saturated carbocycles. The van der Waals surface area contributed by atoms with Crippen LogP contribution in [0.5, 0.6) is 0 Å². The zero-order valence-corrected chi connectivity index (χ0v) is 12.0. The average molecular weight is 266 g/mol. The van der Waals surface area contributed by atoms with Gasteiger partial charge in [-0.05, 0) is 19.3 Å². The highest BCUT2D eigenvalue weighted by Crippen LogP contribution is 2.02. The van der Waals surface area contributed by atoms with Crippen LogP contribution in [0, 0.1) is 0 Å². The maximum Gasteiger partial charge on any atom is 0.215 e. The fourth-order valence-corrected chi connectivity index (χ4v) is 2.49. The standard InChI is InChI=1S/C11H26N2O3S/c1-11(2)12-7-10-17(15,16)13(3)8-5-4-6-9-14/h11-12,14H,4-10H2,1-3H3. The van der Waals surface area contributed by atoms with Crippen LogP contribution in [0.1, 0.15) is 33.1 Å². The third kappa shape index (κ3) is 8.54. The molecule has 0 aromatic carbocycles. The normalized spacial score (nSPS) is 12.6. The van der Waals surface area contributed by atoms with E-state index in [0.717, 1.165) is 19.3 Å². The van der Waals surface area contributed by atoms with E-state index >= 15 is 0 Å². The molecule has 0 aliphatic heterocycles. The molecule has 0 bridgehead atoms. The third-order valence-electron chi connectivity index (χ3n) is 2.52. The van der Waals surface area contributed by atoms with Crippen molar-refractivity contribution in [1.29, 1.82) is 0 Å². The van der Waals surface area contributed by atoms with Crippen molar-refractivity contribution in [2.45, 2.75) is 39.2 Å². The second-order valence-corrected chi connectivity index (χ2v) is 6.73. The van der Waals surface area contributed by atoms with Crippen molar-refractivity contribution in [3.05, 3.63) is 0 Å². The van der Waals surface area contributed by atoms with E-state index in [-0.39, 0.29) is 12.4 Å². The Hall–Kier alpha value is -0.170.